The third-order valence-electron chi connectivity index (χ3n) is 3.29. The predicted molar refractivity (Wildman–Crippen MR) is 76.4 cm³/mol. The predicted octanol–water partition coefficient (Wildman–Crippen LogP) is 2.21. The lowest BCUT2D eigenvalue weighted by molar-refractivity contribution is 0.746. The minimum atomic E-state index is 0.503. The summed E-state index contributed by atoms with van der Waals surface area (Å²) in [7, 11) is 1.92. The van der Waals surface area contributed by atoms with Gasteiger partial charge in [-0.3, -0.25) is 9.25 Å². The van der Waals surface area contributed by atoms with E-state index in [-0.39, 0.29) is 0 Å². The van der Waals surface area contributed by atoms with Crippen molar-refractivity contribution < 1.29 is 0 Å². The van der Waals surface area contributed by atoms with Crippen LogP contribution >= 0.6 is 0 Å². The molecule has 0 saturated heterocycles. The first-order chi connectivity index (χ1) is 9.10. The summed E-state index contributed by atoms with van der Waals surface area (Å²) >= 11 is 0. The molecule has 0 aliphatic carbocycles. The highest BCUT2D eigenvalue weighted by molar-refractivity contribution is 5.81. The van der Waals surface area contributed by atoms with Crippen LogP contribution in [0.3, 0.4) is 0 Å². The molecular weight excluding hydrogens is 238 g/mol. The molecule has 0 unspecified atom stereocenters. The molecule has 0 fully saturated rings. The van der Waals surface area contributed by atoms with Gasteiger partial charge in [0.1, 0.15) is 0 Å². The number of nitrogen functional groups attached to an aromatic ring is 1. The Morgan fingerprint density at radius 1 is 1.32 bits per heavy atom. The molecule has 0 atom stereocenters. The molecule has 5 nitrogen and oxygen atoms in total. The van der Waals surface area contributed by atoms with Gasteiger partial charge in [0.15, 0.2) is 0 Å². The van der Waals surface area contributed by atoms with E-state index in [0.717, 1.165) is 28.8 Å². The Balaban J connectivity index is 2.32. The van der Waals surface area contributed by atoms with Gasteiger partial charge in [-0.25, -0.2) is 4.98 Å². The van der Waals surface area contributed by atoms with Crippen LogP contribution in [-0.2, 0) is 13.5 Å². The maximum atomic E-state index is 6.08. The van der Waals surface area contributed by atoms with E-state index in [0.29, 0.717) is 5.95 Å². The zero-order chi connectivity index (χ0) is 13.6. The topological polar surface area (TPSA) is 61.7 Å². The van der Waals surface area contributed by atoms with Crippen LogP contribution in [0.25, 0.3) is 16.7 Å². The highest BCUT2D eigenvalue weighted by Crippen LogP contribution is 2.25. The molecule has 0 spiro atoms. The first kappa shape index (κ1) is 11.8. The minimum absolute atomic E-state index is 0.503. The molecule has 1 aromatic carbocycles. The lowest BCUT2D eigenvalue weighted by Gasteiger charge is -2.05. The molecule has 5 heteroatoms. The van der Waals surface area contributed by atoms with Crippen molar-refractivity contribution in [2.45, 2.75) is 20.3 Å². The van der Waals surface area contributed by atoms with E-state index in [9.17, 15) is 0 Å². The second-order valence-electron chi connectivity index (χ2n) is 4.79. The first-order valence-corrected chi connectivity index (χ1v) is 6.37. The Labute approximate surface area is 111 Å². The molecule has 0 aliphatic rings. The number of anilines is 1. The third kappa shape index (κ3) is 1.78. The van der Waals surface area contributed by atoms with Crippen LogP contribution in [0.1, 0.15) is 18.2 Å². The van der Waals surface area contributed by atoms with Crippen LogP contribution in [0.5, 0.6) is 0 Å². The van der Waals surface area contributed by atoms with Crippen molar-refractivity contribution in [2.75, 3.05) is 5.73 Å². The van der Waals surface area contributed by atoms with Crippen molar-refractivity contribution in [1.29, 1.82) is 0 Å². The van der Waals surface area contributed by atoms with Gasteiger partial charge in [0, 0.05) is 13.2 Å². The number of imidazole rings is 1. The maximum Gasteiger partial charge on any atom is 0.206 e. The number of aromatic nitrogens is 4. The van der Waals surface area contributed by atoms with Gasteiger partial charge >= 0.3 is 0 Å². The van der Waals surface area contributed by atoms with Gasteiger partial charge in [-0.2, -0.15) is 5.10 Å². The number of rotatable bonds is 2. The van der Waals surface area contributed by atoms with E-state index in [1.807, 2.05) is 28.6 Å². The van der Waals surface area contributed by atoms with Crippen molar-refractivity contribution in [3.05, 3.63) is 35.7 Å². The highest BCUT2D eigenvalue weighted by Gasteiger charge is 2.15. The fourth-order valence-corrected chi connectivity index (χ4v) is 2.42. The molecule has 2 aromatic heterocycles. The minimum Gasteiger partial charge on any atom is -0.369 e. The lowest BCUT2D eigenvalue weighted by Crippen LogP contribution is -2.02. The van der Waals surface area contributed by atoms with Gasteiger partial charge in [0.2, 0.25) is 5.95 Å². The van der Waals surface area contributed by atoms with Crippen molar-refractivity contribution in [2.24, 2.45) is 7.05 Å². The van der Waals surface area contributed by atoms with Gasteiger partial charge in [0.25, 0.3) is 0 Å². The van der Waals surface area contributed by atoms with Gasteiger partial charge in [-0.05, 0) is 31.0 Å². The van der Waals surface area contributed by atoms with Crippen molar-refractivity contribution in [3.8, 4) is 5.69 Å². The summed E-state index contributed by atoms with van der Waals surface area (Å²) in [6.07, 6.45) is 2.84. The van der Waals surface area contributed by atoms with Gasteiger partial charge in [0.05, 0.1) is 22.4 Å². The molecule has 3 rings (SSSR count). The van der Waals surface area contributed by atoms with E-state index in [1.165, 1.54) is 5.56 Å². The average molecular weight is 255 g/mol. The Hall–Kier alpha value is -2.30. The molecule has 0 radical (unpaired) electrons. The molecule has 19 heavy (non-hydrogen) atoms. The largest absolute Gasteiger partial charge is 0.369 e. The second kappa shape index (κ2) is 4.12. The van der Waals surface area contributed by atoms with E-state index < -0.39 is 0 Å². The summed E-state index contributed by atoms with van der Waals surface area (Å²) in [5.41, 5.74) is 11.2. The SMILES string of the molecule is CCc1nn(C)cc1-n1c(N)nc2cc(C)ccc21. The van der Waals surface area contributed by atoms with Crippen LogP contribution in [0.15, 0.2) is 24.4 Å². The maximum absolute atomic E-state index is 6.08. The fourth-order valence-electron chi connectivity index (χ4n) is 2.42. The Bertz CT molecular complexity index is 751. The van der Waals surface area contributed by atoms with E-state index >= 15 is 0 Å². The van der Waals surface area contributed by atoms with Crippen molar-refractivity contribution >= 4 is 17.0 Å². The lowest BCUT2D eigenvalue weighted by atomic mass is 10.2. The summed E-state index contributed by atoms with van der Waals surface area (Å²) in [6.45, 7) is 4.14. The number of aryl methyl sites for hydroxylation is 3. The number of hydrogen-bond acceptors (Lipinski definition) is 3. The average Bonchev–Trinajstić information content (AvgIpc) is 2.87. The Morgan fingerprint density at radius 3 is 2.84 bits per heavy atom. The summed E-state index contributed by atoms with van der Waals surface area (Å²) in [5.74, 6) is 0.503. The van der Waals surface area contributed by atoms with Crippen LogP contribution in [-0.4, -0.2) is 19.3 Å². The van der Waals surface area contributed by atoms with E-state index in [2.05, 4.69) is 36.1 Å². The first-order valence-electron chi connectivity index (χ1n) is 6.37. The molecule has 0 amide bonds. The monoisotopic (exact) mass is 255 g/mol. The number of nitrogens with two attached hydrogens (primary N) is 1. The zero-order valence-corrected chi connectivity index (χ0v) is 11.4. The summed E-state index contributed by atoms with van der Waals surface area (Å²) in [5, 5.41) is 4.46. The smallest absolute Gasteiger partial charge is 0.206 e. The normalized spacial score (nSPS) is 11.3. The van der Waals surface area contributed by atoms with Gasteiger partial charge in [-0.1, -0.05) is 13.0 Å². The number of benzene rings is 1. The third-order valence-corrected chi connectivity index (χ3v) is 3.29. The molecule has 3 aromatic rings. The molecule has 2 heterocycles. The quantitative estimate of drug-likeness (QED) is 0.763. The second-order valence-corrected chi connectivity index (χ2v) is 4.79. The zero-order valence-electron chi connectivity index (χ0n) is 11.4. The van der Waals surface area contributed by atoms with Crippen LogP contribution < -0.4 is 5.73 Å². The standard InChI is InChI=1S/C14H17N5/c1-4-10-13(8-18(3)17-10)19-12-6-5-9(2)7-11(12)16-14(19)15/h5-8H,4H2,1-3H3,(H2,15,16). The van der Waals surface area contributed by atoms with Crippen LogP contribution in [0.4, 0.5) is 5.95 Å². The van der Waals surface area contributed by atoms with Crippen molar-refractivity contribution in [1.82, 2.24) is 19.3 Å². The van der Waals surface area contributed by atoms with Gasteiger partial charge < -0.3 is 5.73 Å². The molecule has 2 N–H and O–H groups in total. The summed E-state index contributed by atoms with van der Waals surface area (Å²) in [4.78, 5) is 4.44. The molecule has 0 aliphatic heterocycles. The highest BCUT2D eigenvalue weighted by atomic mass is 15.3. The molecule has 0 bridgehead atoms. The molecule has 0 saturated carbocycles. The van der Waals surface area contributed by atoms with E-state index in [1.54, 1.807) is 0 Å². The Kier molecular flexibility index (Phi) is 2.55. The van der Waals surface area contributed by atoms with Crippen LogP contribution in [0, 0.1) is 6.92 Å². The van der Waals surface area contributed by atoms with Crippen LogP contribution in [0.2, 0.25) is 0 Å². The van der Waals surface area contributed by atoms with Crippen molar-refractivity contribution in [3.63, 3.8) is 0 Å². The number of hydrogen-bond donors (Lipinski definition) is 1. The van der Waals surface area contributed by atoms with Gasteiger partial charge in [-0.15, -0.1) is 0 Å². The number of nitrogens with zero attached hydrogens (tertiary/aromatic N) is 4. The number of fused-ring (bicyclic) bond motifs is 1. The fraction of sp³-hybridized carbons (Fsp3) is 0.286. The summed E-state index contributed by atoms with van der Waals surface area (Å²) < 4.78 is 3.79. The Morgan fingerprint density at radius 2 is 2.11 bits per heavy atom. The van der Waals surface area contributed by atoms with E-state index in [4.69, 9.17) is 5.73 Å². The molecular formula is C14H17N5. The molecule has 98 valence electrons. The summed E-state index contributed by atoms with van der Waals surface area (Å²) in [6, 6.07) is 6.17.